The van der Waals surface area contributed by atoms with E-state index in [9.17, 15) is 0 Å². The lowest BCUT2D eigenvalue weighted by Gasteiger charge is -2.28. The van der Waals surface area contributed by atoms with Crippen molar-refractivity contribution in [1.29, 1.82) is 0 Å². The van der Waals surface area contributed by atoms with Crippen LogP contribution in [0.25, 0.3) is 0 Å². The summed E-state index contributed by atoms with van der Waals surface area (Å²) in [6.45, 7) is 9.10. The second kappa shape index (κ2) is 7.06. The van der Waals surface area contributed by atoms with Gasteiger partial charge in [-0.1, -0.05) is 23.8 Å². The zero-order chi connectivity index (χ0) is 13.7. The van der Waals surface area contributed by atoms with E-state index >= 15 is 0 Å². The van der Waals surface area contributed by atoms with E-state index in [1.54, 1.807) is 0 Å². The minimum Gasteiger partial charge on any atom is -0.313 e. The van der Waals surface area contributed by atoms with Gasteiger partial charge in [-0.3, -0.25) is 0 Å². The van der Waals surface area contributed by atoms with Crippen LogP contribution in [0.1, 0.15) is 36.0 Å². The van der Waals surface area contributed by atoms with Gasteiger partial charge in [-0.05, 0) is 76.8 Å². The number of piperidine rings is 1. The van der Waals surface area contributed by atoms with Gasteiger partial charge in [0, 0.05) is 6.54 Å². The first-order valence-corrected chi connectivity index (χ1v) is 7.60. The Bertz CT molecular complexity index is 392. The van der Waals surface area contributed by atoms with Crippen LogP contribution in [0, 0.1) is 19.8 Å². The second-order valence-electron chi connectivity index (χ2n) is 6.14. The van der Waals surface area contributed by atoms with Gasteiger partial charge < -0.3 is 10.2 Å². The smallest absolute Gasteiger partial charge is 0.0208 e. The van der Waals surface area contributed by atoms with Crippen molar-refractivity contribution in [3.05, 3.63) is 34.9 Å². The van der Waals surface area contributed by atoms with E-state index in [1.165, 1.54) is 49.0 Å². The molecule has 0 atom stereocenters. The van der Waals surface area contributed by atoms with Gasteiger partial charge in [0.15, 0.2) is 0 Å². The van der Waals surface area contributed by atoms with Crippen LogP contribution < -0.4 is 5.32 Å². The van der Waals surface area contributed by atoms with Gasteiger partial charge in [0.25, 0.3) is 0 Å². The Balaban J connectivity index is 1.68. The molecule has 1 N–H and O–H groups in total. The number of nitrogens with zero attached hydrogens (tertiary/aromatic N) is 1. The molecule has 19 heavy (non-hydrogen) atoms. The molecule has 2 rings (SSSR count). The number of hydrogen-bond donors (Lipinski definition) is 1. The number of aryl methyl sites for hydroxylation is 2. The lowest BCUT2D eigenvalue weighted by Crippen LogP contribution is -2.31. The molecule has 2 nitrogen and oxygen atoms in total. The molecule has 1 fully saturated rings. The summed E-state index contributed by atoms with van der Waals surface area (Å²) in [5, 5.41) is 3.61. The topological polar surface area (TPSA) is 15.3 Å². The van der Waals surface area contributed by atoms with Crippen molar-refractivity contribution in [2.75, 3.05) is 26.7 Å². The van der Waals surface area contributed by atoms with Crippen LogP contribution in [0.3, 0.4) is 0 Å². The van der Waals surface area contributed by atoms with Gasteiger partial charge in [-0.15, -0.1) is 0 Å². The van der Waals surface area contributed by atoms with Gasteiger partial charge >= 0.3 is 0 Å². The average molecular weight is 260 g/mol. The third kappa shape index (κ3) is 4.63. The number of benzene rings is 1. The summed E-state index contributed by atoms with van der Waals surface area (Å²) in [6.07, 6.45) is 4.09. The predicted octanol–water partition coefficient (Wildman–Crippen LogP) is 3.12. The minimum absolute atomic E-state index is 0.933. The summed E-state index contributed by atoms with van der Waals surface area (Å²) >= 11 is 0. The third-order valence-corrected chi connectivity index (χ3v) is 4.39. The molecule has 0 aliphatic carbocycles. The summed E-state index contributed by atoms with van der Waals surface area (Å²) in [6, 6.07) is 6.72. The van der Waals surface area contributed by atoms with E-state index < -0.39 is 0 Å². The molecule has 0 unspecified atom stereocenters. The summed E-state index contributed by atoms with van der Waals surface area (Å²) < 4.78 is 0. The van der Waals surface area contributed by atoms with Crippen LogP contribution >= 0.6 is 0 Å². The molecule has 0 amide bonds. The van der Waals surface area contributed by atoms with Crippen LogP contribution in [-0.2, 0) is 6.54 Å². The molecule has 1 saturated heterocycles. The summed E-state index contributed by atoms with van der Waals surface area (Å²) in [4.78, 5) is 2.44. The van der Waals surface area contributed by atoms with Gasteiger partial charge in [0.2, 0.25) is 0 Å². The van der Waals surface area contributed by atoms with Crippen LogP contribution in [0.15, 0.2) is 18.2 Å². The Hall–Kier alpha value is -0.860. The highest BCUT2D eigenvalue weighted by molar-refractivity contribution is 5.30. The van der Waals surface area contributed by atoms with Crippen LogP contribution in [0.4, 0.5) is 0 Å². The maximum atomic E-state index is 3.61. The fraction of sp³-hybridized carbons (Fsp3) is 0.647. The quantitative estimate of drug-likeness (QED) is 0.818. The number of nitrogens with one attached hydrogen (secondary N) is 1. The van der Waals surface area contributed by atoms with E-state index in [0.717, 1.165) is 19.0 Å². The SMILES string of the molecule is Cc1ccc(C)c(CNCCC2CCN(C)CC2)c1. The van der Waals surface area contributed by atoms with Gasteiger partial charge in [0.1, 0.15) is 0 Å². The molecule has 106 valence electrons. The molecule has 0 spiro atoms. The molecule has 0 bridgehead atoms. The van der Waals surface area contributed by atoms with Crippen LogP contribution in [-0.4, -0.2) is 31.6 Å². The summed E-state index contributed by atoms with van der Waals surface area (Å²) in [7, 11) is 2.23. The maximum Gasteiger partial charge on any atom is 0.0208 e. The molecule has 2 heteroatoms. The van der Waals surface area contributed by atoms with Crippen LogP contribution in [0.5, 0.6) is 0 Å². The molecule has 0 aromatic heterocycles. The fourth-order valence-electron chi connectivity index (χ4n) is 2.87. The number of hydrogen-bond acceptors (Lipinski definition) is 2. The third-order valence-electron chi connectivity index (χ3n) is 4.39. The Morgan fingerprint density at radius 3 is 2.68 bits per heavy atom. The Kier molecular flexibility index (Phi) is 5.41. The molecule has 1 aliphatic rings. The van der Waals surface area contributed by atoms with E-state index in [-0.39, 0.29) is 0 Å². The molecule has 1 heterocycles. The van der Waals surface area contributed by atoms with Crippen molar-refractivity contribution in [3.63, 3.8) is 0 Å². The van der Waals surface area contributed by atoms with Crippen molar-refractivity contribution >= 4 is 0 Å². The highest BCUT2D eigenvalue weighted by Crippen LogP contribution is 2.18. The molecule has 0 saturated carbocycles. The molecule has 0 radical (unpaired) electrons. The van der Waals surface area contributed by atoms with E-state index in [2.05, 4.69) is 49.3 Å². The van der Waals surface area contributed by atoms with Gasteiger partial charge in [-0.25, -0.2) is 0 Å². The highest BCUT2D eigenvalue weighted by atomic mass is 15.1. The van der Waals surface area contributed by atoms with Crippen molar-refractivity contribution in [1.82, 2.24) is 10.2 Å². The molecular formula is C17H28N2. The first-order chi connectivity index (χ1) is 9.15. The fourth-order valence-corrected chi connectivity index (χ4v) is 2.87. The second-order valence-corrected chi connectivity index (χ2v) is 6.14. The Morgan fingerprint density at radius 2 is 1.95 bits per heavy atom. The predicted molar refractivity (Wildman–Crippen MR) is 82.5 cm³/mol. The number of likely N-dealkylation sites (tertiary alicyclic amines) is 1. The number of rotatable bonds is 5. The maximum absolute atomic E-state index is 3.61. The average Bonchev–Trinajstić information content (AvgIpc) is 2.40. The largest absolute Gasteiger partial charge is 0.313 e. The zero-order valence-corrected chi connectivity index (χ0v) is 12.7. The van der Waals surface area contributed by atoms with Crippen molar-refractivity contribution in [2.24, 2.45) is 5.92 Å². The minimum atomic E-state index is 0.933. The van der Waals surface area contributed by atoms with Gasteiger partial charge in [-0.2, -0.15) is 0 Å². The summed E-state index contributed by atoms with van der Waals surface area (Å²) in [5.74, 6) is 0.933. The standard InChI is InChI=1S/C17H28N2/c1-14-4-5-15(2)17(12-14)13-18-9-6-16-7-10-19(3)11-8-16/h4-5,12,16,18H,6-11,13H2,1-3H3. The molecule has 1 aliphatic heterocycles. The zero-order valence-electron chi connectivity index (χ0n) is 12.7. The molecular weight excluding hydrogens is 232 g/mol. The van der Waals surface area contributed by atoms with E-state index in [1.807, 2.05) is 0 Å². The molecule has 1 aromatic carbocycles. The Labute approximate surface area is 118 Å². The molecule has 1 aromatic rings. The first-order valence-electron chi connectivity index (χ1n) is 7.60. The van der Waals surface area contributed by atoms with E-state index in [4.69, 9.17) is 0 Å². The monoisotopic (exact) mass is 260 g/mol. The normalized spacial score (nSPS) is 17.8. The first kappa shape index (κ1) is 14.5. The van der Waals surface area contributed by atoms with E-state index in [0.29, 0.717) is 0 Å². The van der Waals surface area contributed by atoms with Crippen LogP contribution in [0.2, 0.25) is 0 Å². The summed E-state index contributed by atoms with van der Waals surface area (Å²) in [5.41, 5.74) is 4.21. The van der Waals surface area contributed by atoms with Crippen molar-refractivity contribution in [2.45, 2.75) is 39.7 Å². The lowest BCUT2D eigenvalue weighted by molar-refractivity contribution is 0.211. The Morgan fingerprint density at radius 1 is 1.21 bits per heavy atom. The lowest BCUT2D eigenvalue weighted by atomic mass is 9.94. The highest BCUT2D eigenvalue weighted by Gasteiger charge is 2.15. The van der Waals surface area contributed by atoms with Gasteiger partial charge in [0.05, 0.1) is 0 Å². The van der Waals surface area contributed by atoms with Crippen molar-refractivity contribution < 1.29 is 0 Å². The van der Waals surface area contributed by atoms with Crippen molar-refractivity contribution in [3.8, 4) is 0 Å².